The number of nitrogens with zero attached hydrogens (tertiary/aromatic N) is 2. The van der Waals surface area contributed by atoms with Gasteiger partial charge in [-0.2, -0.15) is 5.10 Å². The largest absolute Gasteiger partial charge is 0.290 e. The molecule has 168 valence electrons. The van der Waals surface area contributed by atoms with Crippen molar-refractivity contribution < 1.29 is 9.59 Å². The van der Waals surface area contributed by atoms with Crippen LogP contribution in [0.1, 0.15) is 55.1 Å². The fourth-order valence-electron chi connectivity index (χ4n) is 3.42. The highest BCUT2D eigenvalue weighted by Crippen LogP contribution is 2.14. The number of nitrogens with one attached hydrogen (secondary N) is 2. The average Bonchev–Trinajstić information content (AvgIpc) is 2.80. The van der Waals surface area contributed by atoms with Gasteiger partial charge in [-0.05, 0) is 43.0 Å². The predicted octanol–water partition coefficient (Wildman–Crippen LogP) is 4.02. The van der Waals surface area contributed by atoms with Crippen molar-refractivity contribution in [1.29, 1.82) is 0 Å². The third-order valence-electron chi connectivity index (χ3n) is 5.15. The zero-order chi connectivity index (χ0) is 22.9. The SMILES string of the molecule is CCCCCn1nc(C(=O)NNC(=O)CCCc2ccc(Cl)cc2)c2ccccc2c1=O. The van der Waals surface area contributed by atoms with E-state index in [1.165, 1.54) is 4.68 Å². The third-order valence-corrected chi connectivity index (χ3v) is 5.41. The number of aryl methyl sites for hydroxylation is 2. The molecule has 0 atom stereocenters. The molecule has 2 N–H and O–H groups in total. The van der Waals surface area contributed by atoms with Crippen molar-refractivity contribution in [3.63, 3.8) is 0 Å². The molecule has 8 heteroatoms. The molecular weight excluding hydrogens is 428 g/mol. The second-order valence-electron chi connectivity index (χ2n) is 7.61. The molecule has 1 heterocycles. The van der Waals surface area contributed by atoms with Crippen molar-refractivity contribution in [2.75, 3.05) is 0 Å². The lowest BCUT2D eigenvalue weighted by Gasteiger charge is -2.12. The van der Waals surface area contributed by atoms with E-state index < -0.39 is 5.91 Å². The summed E-state index contributed by atoms with van der Waals surface area (Å²) in [6.45, 7) is 2.52. The van der Waals surface area contributed by atoms with Gasteiger partial charge in [0.1, 0.15) is 0 Å². The molecule has 2 aromatic carbocycles. The van der Waals surface area contributed by atoms with Gasteiger partial charge in [0.05, 0.1) is 5.39 Å². The van der Waals surface area contributed by atoms with Crippen LogP contribution in [0.25, 0.3) is 10.8 Å². The van der Waals surface area contributed by atoms with Crippen molar-refractivity contribution in [2.45, 2.75) is 52.0 Å². The van der Waals surface area contributed by atoms with Gasteiger partial charge < -0.3 is 0 Å². The van der Waals surface area contributed by atoms with E-state index in [9.17, 15) is 14.4 Å². The molecule has 0 aliphatic heterocycles. The van der Waals surface area contributed by atoms with Crippen molar-refractivity contribution in [3.8, 4) is 0 Å². The Balaban J connectivity index is 1.62. The van der Waals surface area contributed by atoms with Gasteiger partial charge >= 0.3 is 0 Å². The molecule has 0 saturated heterocycles. The first kappa shape index (κ1) is 23.5. The fourth-order valence-corrected chi connectivity index (χ4v) is 3.54. The molecule has 0 unspecified atom stereocenters. The van der Waals surface area contributed by atoms with Crippen LogP contribution in [0.4, 0.5) is 0 Å². The summed E-state index contributed by atoms with van der Waals surface area (Å²) in [4.78, 5) is 37.6. The minimum atomic E-state index is -0.559. The maximum Gasteiger partial charge on any atom is 0.290 e. The maximum absolute atomic E-state index is 12.8. The van der Waals surface area contributed by atoms with Gasteiger partial charge in [0.15, 0.2) is 5.69 Å². The molecule has 0 spiro atoms. The molecule has 0 bridgehead atoms. The number of hydrazine groups is 1. The first-order valence-electron chi connectivity index (χ1n) is 10.8. The normalized spacial score (nSPS) is 10.8. The fraction of sp³-hybridized carbons (Fsp3) is 0.333. The summed E-state index contributed by atoms with van der Waals surface area (Å²) in [6.07, 6.45) is 4.40. The number of hydrogen-bond donors (Lipinski definition) is 2. The van der Waals surface area contributed by atoms with Crippen LogP contribution >= 0.6 is 11.6 Å². The molecule has 0 radical (unpaired) electrons. The van der Waals surface area contributed by atoms with E-state index in [0.29, 0.717) is 28.8 Å². The lowest BCUT2D eigenvalue weighted by molar-refractivity contribution is -0.121. The summed E-state index contributed by atoms with van der Waals surface area (Å²) >= 11 is 5.88. The van der Waals surface area contributed by atoms with Crippen LogP contribution in [0.2, 0.25) is 5.02 Å². The van der Waals surface area contributed by atoms with Crippen LogP contribution < -0.4 is 16.4 Å². The molecule has 0 aliphatic rings. The number of amides is 2. The first-order chi connectivity index (χ1) is 15.5. The van der Waals surface area contributed by atoms with Crippen LogP contribution in [0.5, 0.6) is 0 Å². The molecule has 0 saturated carbocycles. The Labute approximate surface area is 191 Å². The van der Waals surface area contributed by atoms with Gasteiger partial charge in [0.2, 0.25) is 5.91 Å². The Kier molecular flexibility index (Phi) is 8.39. The number of carbonyl (C=O) groups is 2. The molecule has 0 fully saturated rings. The molecule has 32 heavy (non-hydrogen) atoms. The minimum Gasteiger partial charge on any atom is -0.273 e. The lowest BCUT2D eigenvalue weighted by Crippen LogP contribution is -2.42. The van der Waals surface area contributed by atoms with E-state index in [0.717, 1.165) is 31.2 Å². The van der Waals surface area contributed by atoms with Gasteiger partial charge in [-0.3, -0.25) is 25.2 Å². The van der Waals surface area contributed by atoms with Gasteiger partial charge in [0, 0.05) is 23.4 Å². The van der Waals surface area contributed by atoms with E-state index in [1.807, 2.05) is 24.3 Å². The molecule has 3 rings (SSSR count). The number of carbonyl (C=O) groups excluding carboxylic acids is 2. The van der Waals surface area contributed by atoms with Crippen molar-refractivity contribution in [2.24, 2.45) is 0 Å². The van der Waals surface area contributed by atoms with E-state index in [2.05, 4.69) is 22.9 Å². The average molecular weight is 455 g/mol. The number of aromatic nitrogens is 2. The number of halogens is 1. The van der Waals surface area contributed by atoms with Crippen molar-refractivity contribution in [3.05, 3.63) is 75.2 Å². The highest BCUT2D eigenvalue weighted by Gasteiger charge is 2.17. The van der Waals surface area contributed by atoms with Gasteiger partial charge in [-0.25, -0.2) is 4.68 Å². The molecule has 7 nitrogen and oxygen atoms in total. The molecule has 0 aliphatic carbocycles. The second kappa shape index (κ2) is 11.4. The number of unbranched alkanes of at least 4 members (excludes halogenated alkanes) is 2. The summed E-state index contributed by atoms with van der Waals surface area (Å²) in [6, 6.07) is 14.3. The Morgan fingerprint density at radius 2 is 1.69 bits per heavy atom. The Morgan fingerprint density at radius 1 is 0.969 bits per heavy atom. The van der Waals surface area contributed by atoms with Crippen LogP contribution in [0.15, 0.2) is 53.3 Å². The smallest absolute Gasteiger partial charge is 0.273 e. The number of benzene rings is 2. The Bertz CT molecular complexity index is 1140. The van der Waals surface area contributed by atoms with Crippen molar-refractivity contribution in [1.82, 2.24) is 20.6 Å². The topological polar surface area (TPSA) is 93.1 Å². The standard InChI is InChI=1S/C24H27ClN4O3/c1-2-3-6-16-29-24(32)20-10-5-4-9-19(20)22(28-29)23(31)27-26-21(30)11-7-8-17-12-14-18(25)15-13-17/h4-5,9-10,12-15H,2-3,6-8,11,16H2,1H3,(H,26,30)(H,27,31). The minimum absolute atomic E-state index is 0.109. The van der Waals surface area contributed by atoms with Crippen LogP contribution in [-0.2, 0) is 17.8 Å². The molecule has 1 aromatic heterocycles. The molecule has 3 aromatic rings. The molecule has 2 amide bonds. The first-order valence-corrected chi connectivity index (χ1v) is 11.2. The number of fused-ring (bicyclic) bond motifs is 1. The molecular formula is C24H27ClN4O3. The van der Waals surface area contributed by atoms with E-state index in [4.69, 9.17) is 11.6 Å². The summed E-state index contributed by atoms with van der Waals surface area (Å²) in [7, 11) is 0. The summed E-state index contributed by atoms with van der Waals surface area (Å²) in [5.41, 5.74) is 5.84. The summed E-state index contributed by atoms with van der Waals surface area (Å²) in [5, 5.41) is 5.85. The monoisotopic (exact) mass is 454 g/mol. The zero-order valence-electron chi connectivity index (χ0n) is 18.1. The Morgan fingerprint density at radius 3 is 2.41 bits per heavy atom. The number of hydrogen-bond acceptors (Lipinski definition) is 4. The van der Waals surface area contributed by atoms with Crippen LogP contribution in [0.3, 0.4) is 0 Å². The van der Waals surface area contributed by atoms with Gasteiger partial charge in [-0.15, -0.1) is 0 Å². The predicted molar refractivity (Wildman–Crippen MR) is 126 cm³/mol. The maximum atomic E-state index is 12.8. The van der Waals surface area contributed by atoms with Gasteiger partial charge in [-0.1, -0.05) is 61.7 Å². The van der Waals surface area contributed by atoms with E-state index in [-0.39, 0.29) is 23.6 Å². The van der Waals surface area contributed by atoms with Gasteiger partial charge in [0.25, 0.3) is 11.5 Å². The van der Waals surface area contributed by atoms with Crippen LogP contribution in [-0.4, -0.2) is 21.6 Å². The summed E-state index contributed by atoms with van der Waals surface area (Å²) in [5.74, 6) is -0.857. The second-order valence-corrected chi connectivity index (χ2v) is 8.05. The highest BCUT2D eigenvalue weighted by atomic mass is 35.5. The quantitative estimate of drug-likeness (QED) is 0.377. The van der Waals surface area contributed by atoms with Crippen molar-refractivity contribution >= 4 is 34.2 Å². The third kappa shape index (κ3) is 6.17. The zero-order valence-corrected chi connectivity index (χ0v) is 18.8. The van der Waals surface area contributed by atoms with E-state index in [1.54, 1.807) is 24.3 Å². The highest BCUT2D eigenvalue weighted by molar-refractivity contribution is 6.30. The number of rotatable bonds is 9. The lowest BCUT2D eigenvalue weighted by atomic mass is 10.1. The summed E-state index contributed by atoms with van der Waals surface area (Å²) < 4.78 is 1.33. The Hall–Kier alpha value is -3.19. The van der Waals surface area contributed by atoms with Crippen LogP contribution in [0, 0.1) is 0 Å². The van der Waals surface area contributed by atoms with E-state index >= 15 is 0 Å².